The van der Waals surface area contributed by atoms with Crippen LogP contribution in [-0.2, 0) is 9.47 Å². The van der Waals surface area contributed by atoms with E-state index in [0.717, 1.165) is 25.7 Å². The first-order chi connectivity index (χ1) is 9.77. The lowest BCUT2D eigenvalue weighted by molar-refractivity contribution is -0.110. The average molecular weight is 281 g/mol. The van der Waals surface area contributed by atoms with E-state index in [2.05, 4.69) is 12.2 Å². The molecule has 3 heteroatoms. The molecule has 2 aliphatic heterocycles. The van der Waals surface area contributed by atoms with Crippen molar-refractivity contribution in [3.63, 3.8) is 0 Å². The molecule has 3 nitrogen and oxygen atoms in total. The minimum atomic E-state index is 0.226. The highest BCUT2D eigenvalue weighted by atomic mass is 16.5. The van der Waals surface area contributed by atoms with E-state index in [1.54, 1.807) is 0 Å². The molecule has 3 fully saturated rings. The van der Waals surface area contributed by atoms with Crippen LogP contribution in [0, 0.1) is 5.92 Å². The highest BCUT2D eigenvalue weighted by Crippen LogP contribution is 2.38. The quantitative estimate of drug-likeness (QED) is 0.861. The topological polar surface area (TPSA) is 30.5 Å². The molecule has 1 saturated carbocycles. The third-order valence-corrected chi connectivity index (χ3v) is 5.73. The van der Waals surface area contributed by atoms with Gasteiger partial charge in [0, 0.05) is 31.9 Å². The summed E-state index contributed by atoms with van der Waals surface area (Å²) in [5.74, 6) is 0.800. The Bertz CT molecular complexity index is 290. The van der Waals surface area contributed by atoms with E-state index in [4.69, 9.17) is 9.47 Å². The molecule has 0 aromatic rings. The highest BCUT2D eigenvalue weighted by Gasteiger charge is 2.39. The van der Waals surface area contributed by atoms with Crippen molar-refractivity contribution in [2.24, 2.45) is 5.92 Å². The Labute approximate surface area is 123 Å². The molecule has 0 aromatic heterocycles. The molecular formula is C17H31NO2. The van der Waals surface area contributed by atoms with Gasteiger partial charge in [0.2, 0.25) is 0 Å². The Hall–Kier alpha value is -0.120. The van der Waals surface area contributed by atoms with Crippen LogP contribution in [0.1, 0.15) is 64.7 Å². The zero-order valence-corrected chi connectivity index (χ0v) is 13.0. The van der Waals surface area contributed by atoms with E-state index in [9.17, 15) is 0 Å². The smallest absolute Gasteiger partial charge is 0.0697 e. The Kier molecular flexibility index (Phi) is 5.00. The maximum atomic E-state index is 6.20. The lowest BCUT2D eigenvalue weighted by Gasteiger charge is -2.45. The fourth-order valence-corrected chi connectivity index (χ4v) is 4.44. The van der Waals surface area contributed by atoms with E-state index in [0.29, 0.717) is 12.1 Å². The molecule has 2 atom stereocenters. The van der Waals surface area contributed by atoms with Gasteiger partial charge in [-0.2, -0.15) is 0 Å². The average Bonchev–Trinajstić information content (AvgIpc) is 2.49. The summed E-state index contributed by atoms with van der Waals surface area (Å²) in [7, 11) is 0. The molecule has 2 heterocycles. The van der Waals surface area contributed by atoms with Gasteiger partial charge in [-0.25, -0.2) is 0 Å². The molecule has 0 aromatic carbocycles. The van der Waals surface area contributed by atoms with Gasteiger partial charge >= 0.3 is 0 Å². The molecule has 3 aliphatic rings. The predicted octanol–water partition coefficient (Wildman–Crippen LogP) is 3.27. The highest BCUT2D eigenvalue weighted by molar-refractivity contribution is 4.93. The van der Waals surface area contributed by atoms with Crippen LogP contribution >= 0.6 is 0 Å². The van der Waals surface area contributed by atoms with Gasteiger partial charge in [0.25, 0.3) is 0 Å². The van der Waals surface area contributed by atoms with Crippen molar-refractivity contribution in [2.45, 2.75) is 82.4 Å². The second kappa shape index (κ2) is 6.76. The second-order valence-corrected chi connectivity index (χ2v) is 7.19. The molecule has 0 bridgehead atoms. The van der Waals surface area contributed by atoms with E-state index in [-0.39, 0.29) is 5.60 Å². The molecular weight excluding hydrogens is 250 g/mol. The minimum Gasteiger partial charge on any atom is -0.381 e. The van der Waals surface area contributed by atoms with Gasteiger partial charge in [0.15, 0.2) is 0 Å². The normalized spacial score (nSPS) is 33.1. The summed E-state index contributed by atoms with van der Waals surface area (Å²) in [6.07, 6.45) is 11.6. The summed E-state index contributed by atoms with van der Waals surface area (Å²) >= 11 is 0. The standard InChI is InChI=1S/C17H31NO2/c1-14(15-5-10-19-11-6-15)18-16-7-12-20-17(13-16)8-3-2-4-9-17/h14-16,18H,2-13H2,1H3. The van der Waals surface area contributed by atoms with Crippen LogP contribution in [0.3, 0.4) is 0 Å². The molecule has 20 heavy (non-hydrogen) atoms. The number of nitrogens with one attached hydrogen (secondary N) is 1. The van der Waals surface area contributed by atoms with Crippen LogP contribution in [0.25, 0.3) is 0 Å². The number of hydrogen-bond donors (Lipinski definition) is 1. The van der Waals surface area contributed by atoms with Crippen LogP contribution in [0.5, 0.6) is 0 Å². The number of hydrogen-bond acceptors (Lipinski definition) is 3. The van der Waals surface area contributed by atoms with Crippen molar-refractivity contribution in [3.05, 3.63) is 0 Å². The Morgan fingerprint density at radius 3 is 2.50 bits per heavy atom. The Balaban J connectivity index is 1.51. The third kappa shape index (κ3) is 3.55. The van der Waals surface area contributed by atoms with Crippen LogP contribution in [0.4, 0.5) is 0 Å². The monoisotopic (exact) mass is 281 g/mol. The fourth-order valence-electron chi connectivity index (χ4n) is 4.44. The van der Waals surface area contributed by atoms with Gasteiger partial charge in [-0.15, -0.1) is 0 Å². The van der Waals surface area contributed by atoms with Gasteiger partial charge < -0.3 is 14.8 Å². The molecule has 1 spiro atoms. The summed E-state index contributed by atoms with van der Waals surface area (Å²) in [5, 5.41) is 3.92. The predicted molar refractivity (Wildman–Crippen MR) is 80.9 cm³/mol. The van der Waals surface area contributed by atoms with Crippen LogP contribution in [-0.4, -0.2) is 37.5 Å². The summed E-state index contributed by atoms with van der Waals surface area (Å²) in [5.41, 5.74) is 0.226. The molecule has 0 amide bonds. The van der Waals surface area contributed by atoms with Crippen molar-refractivity contribution >= 4 is 0 Å². The van der Waals surface area contributed by atoms with Gasteiger partial charge in [-0.05, 0) is 51.4 Å². The Morgan fingerprint density at radius 1 is 1.00 bits per heavy atom. The molecule has 0 radical (unpaired) electrons. The first-order valence-corrected chi connectivity index (χ1v) is 8.75. The van der Waals surface area contributed by atoms with E-state index in [1.807, 2.05) is 0 Å². The summed E-state index contributed by atoms with van der Waals surface area (Å²) < 4.78 is 11.7. The van der Waals surface area contributed by atoms with Gasteiger partial charge in [0.05, 0.1) is 5.60 Å². The van der Waals surface area contributed by atoms with Gasteiger partial charge in [-0.1, -0.05) is 19.3 Å². The first kappa shape index (κ1) is 14.8. The SMILES string of the molecule is CC(NC1CCOC2(CCCCC2)C1)C1CCOCC1. The molecule has 2 saturated heterocycles. The molecule has 1 N–H and O–H groups in total. The van der Waals surface area contributed by atoms with Gasteiger partial charge in [0.1, 0.15) is 0 Å². The summed E-state index contributed by atoms with van der Waals surface area (Å²) in [6.45, 7) is 5.24. The molecule has 3 rings (SSSR count). The Morgan fingerprint density at radius 2 is 1.75 bits per heavy atom. The zero-order valence-electron chi connectivity index (χ0n) is 13.0. The number of rotatable bonds is 3. The van der Waals surface area contributed by atoms with Gasteiger partial charge in [-0.3, -0.25) is 0 Å². The zero-order chi connectivity index (χ0) is 13.8. The molecule has 116 valence electrons. The maximum Gasteiger partial charge on any atom is 0.0697 e. The lowest BCUT2D eigenvalue weighted by Crippen LogP contribution is -2.51. The molecule has 2 unspecified atom stereocenters. The van der Waals surface area contributed by atoms with Crippen molar-refractivity contribution in [1.82, 2.24) is 5.32 Å². The van der Waals surface area contributed by atoms with Crippen molar-refractivity contribution in [1.29, 1.82) is 0 Å². The third-order valence-electron chi connectivity index (χ3n) is 5.73. The minimum absolute atomic E-state index is 0.226. The maximum absolute atomic E-state index is 6.20. The first-order valence-electron chi connectivity index (χ1n) is 8.75. The van der Waals surface area contributed by atoms with Crippen LogP contribution in [0.2, 0.25) is 0 Å². The largest absolute Gasteiger partial charge is 0.381 e. The number of ether oxygens (including phenoxy) is 2. The van der Waals surface area contributed by atoms with Crippen molar-refractivity contribution in [3.8, 4) is 0 Å². The van der Waals surface area contributed by atoms with E-state index in [1.165, 1.54) is 57.8 Å². The van der Waals surface area contributed by atoms with Crippen LogP contribution in [0.15, 0.2) is 0 Å². The van der Waals surface area contributed by atoms with Crippen molar-refractivity contribution in [2.75, 3.05) is 19.8 Å². The van der Waals surface area contributed by atoms with Crippen LogP contribution < -0.4 is 5.32 Å². The second-order valence-electron chi connectivity index (χ2n) is 7.19. The van der Waals surface area contributed by atoms with E-state index >= 15 is 0 Å². The fraction of sp³-hybridized carbons (Fsp3) is 1.00. The molecule has 1 aliphatic carbocycles. The summed E-state index contributed by atoms with van der Waals surface area (Å²) in [6, 6.07) is 1.29. The lowest BCUT2D eigenvalue weighted by atomic mass is 9.78. The summed E-state index contributed by atoms with van der Waals surface area (Å²) in [4.78, 5) is 0. The van der Waals surface area contributed by atoms with Crippen molar-refractivity contribution < 1.29 is 9.47 Å². The van der Waals surface area contributed by atoms with E-state index < -0.39 is 0 Å².